The first-order chi connectivity index (χ1) is 20.7. The quantitative estimate of drug-likeness (QED) is 0.239. The van der Waals surface area contributed by atoms with Crippen LogP contribution in [0, 0.1) is 11.6 Å². The highest BCUT2D eigenvalue weighted by atomic mass is 19.2. The van der Waals surface area contributed by atoms with Crippen molar-refractivity contribution in [2.75, 3.05) is 51.9 Å². The van der Waals surface area contributed by atoms with E-state index in [0.29, 0.717) is 25.2 Å². The zero-order valence-electron chi connectivity index (χ0n) is 23.8. The van der Waals surface area contributed by atoms with E-state index in [-0.39, 0.29) is 36.0 Å². The largest absolute Gasteiger partial charge is 0.466 e. The smallest absolute Gasteiger partial charge is 0.338 e. The number of benzene rings is 2. The number of hydrogen-bond donors (Lipinski definition) is 4. The molecule has 0 bridgehead atoms. The van der Waals surface area contributed by atoms with Crippen LogP contribution in [0.2, 0.25) is 0 Å². The van der Waals surface area contributed by atoms with Crippen molar-refractivity contribution in [1.82, 2.24) is 20.9 Å². The van der Waals surface area contributed by atoms with Gasteiger partial charge in [-0.25, -0.2) is 28.1 Å². The van der Waals surface area contributed by atoms with Crippen molar-refractivity contribution < 1.29 is 37.4 Å². The van der Waals surface area contributed by atoms with Crippen LogP contribution in [-0.4, -0.2) is 81.9 Å². The summed E-state index contributed by atoms with van der Waals surface area (Å²) in [6.45, 7) is 1.69. The molecule has 0 unspecified atom stereocenters. The van der Waals surface area contributed by atoms with E-state index in [2.05, 4.69) is 20.9 Å². The SMILES string of the molecule is COCC1=C(C(=O)OC)[C@H](c2ccc(F)c(F)c2)N(C(=O)NCCNC2CCN(c3ccccc3C(N)=O)CC2)C(=O)N1. The number of rotatable bonds is 10. The molecule has 1 fully saturated rings. The molecule has 2 aliphatic heterocycles. The van der Waals surface area contributed by atoms with Crippen LogP contribution in [0.5, 0.6) is 0 Å². The van der Waals surface area contributed by atoms with Gasteiger partial charge in [-0.15, -0.1) is 0 Å². The van der Waals surface area contributed by atoms with Crippen molar-refractivity contribution in [2.45, 2.75) is 24.9 Å². The second-order valence-electron chi connectivity index (χ2n) is 10.0. The van der Waals surface area contributed by atoms with E-state index < -0.39 is 41.6 Å². The average molecular weight is 601 g/mol. The van der Waals surface area contributed by atoms with Gasteiger partial charge in [0, 0.05) is 45.0 Å². The lowest BCUT2D eigenvalue weighted by Gasteiger charge is -2.37. The van der Waals surface area contributed by atoms with Crippen LogP contribution < -0.4 is 26.6 Å². The summed E-state index contributed by atoms with van der Waals surface area (Å²) in [5, 5.41) is 8.50. The van der Waals surface area contributed by atoms with Crippen LogP contribution in [0.4, 0.5) is 24.1 Å². The molecular formula is C29H34F2N6O6. The Kier molecular flexibility index (Phi) is 10.3. The zero-order valence-corrected chi connectivity index (χ0v) is 23.8. The van der Waals surface area contributed by atoms with Crippen LogP contribution in [0.3, 0.4) is 0 Å². The lowest BCUT2D eigenvalue weighted by molar-refractivity contribution is -0.137. The van der Waals surface area contributed by atoms with Crippen LogP contribution in [0.15, 0.2) is 53.7 Å². The number of hydrogen-bond acceptors (Lipinski definition) is 8. The van der Waals surface area contributed by atoms with Crippen molar-refractivity contribution in [3.8, 4) is 0 Å². The number of nitrogens with two attached hydrogens (primary N) is 1. The summed E-state index contributed by atoms with van der Waals surface area (Å²) in [6, 6.07) is 7.04. The molecule has 2 heterocycles. The molecule has 2 aromatic carbocycles. The molecule has 5 amide bonds. The highest BCUT2D eigenvalue weighted by Crippen LogP contribution is 2.35. The van der Waals surface area contributed by atoms with Gasteiger partial charge in [0.05, 0.1) is 30.6 Å². The van der Waals surface area contributed by atoms with Gasteiger partial charge in [0.2, 0.25) is 0 Å². The Morgan fingerprint density at radius 3 is 2.42 bits per heavy atom. The van der Waals surface area contributed by atoms with Crippen LogP contribution >= 0.6 is 0 Å². The van der Waals surface area contributed by atoms with Gasteiger partial charge in [-0.2, -0.15) is 0 Å². The van der Waals surface area contributed by atoms with E-state index >= 15 is 0 Å². The predicted octanol–water partition coefficient (Wildman–Crippen LogP) is 2.17. The fourth-order valence-corrected chi connectivity index (χ4v) is 5.29. The molecule has 14 heteroatoms. The second kappa shape index (κ2) is 14.1. The maximum Gasteiger partial charge on any atom is 0.338 e. The molecule has 4 rings (SSSR count). The average Bonchev–Trinajstić information content (AvgIpc) is 3.00. The molecule has 0 radical (unpaired) electrons. The minimum atomic E-state index is -1.41. The highest BCUT2D eigenvalue weighted by Gasteiger charge is 2.43. The molecule has 43 heavy (non-hydrogen) atoms. The van der Waals surface area contributed by atoms with Gasteiger partial charge in [-0.1, -0.05) is 18.2 Å². The Hall–Kier alpha value is -4.56. The van der Waals surface area contributed by atoms with E-state index in [9.17, 15) is 28.0 Å². The number of urea groups is 2. The van der Waals surface area contributed by atoms with Gasteiger partial charge in [0.1, 0.15) is 6.04 Å². The fourth-order valence-electron chi connectivity index (χ4n) is 5.29. The van der Waals surface area contributed by atoms with Crippen molar-refractivity contribution in [2.24, 2.45) is 5.73 Å². The monoisotopic (exact) mass is 600 g/mol. The molecule has 1 atom stereocenters. The number of para-hydroxylation sites is 1. The number of anilines is 1. The first-order valence-electron chi connectivity index (χ1n) is 13.7. The van der Waals surface area contributed by atoms with Gasteiger partial charge in [0.25, 0.3) is 5.91 Å². The Morgan fingerprint density at radius 1 is 1.05 bits per heavy atom. The summed E-state index contributed by atoms with van der Waals surface area (Å²) in [5.74, 6) is -3.71. The van der Waals surface area contributed by atoms with E-state index in [1.165, 1.54) is 13.2 Å². The third-order valence-electron chi connectivity index (χ3n) is 7.34. The van der Waals surface area contributed by atoms with Crippen molar-refractivity contribution in [3.05, 3.63) is 76.5 Å². The molecular weight excluding hydrogens is 566 g/mol. The molecule has 5 N–H and O–H groups in total. The third-order valence-corrected chi connectivity index (χ3v) is 7.34. The summed E-state index contributed by atoms with van der Waals surface area (Å²) in [4.78, 5) is 53.9. The van der Waals surface area contributed by atoms with E-state index in [4.69, 9.17) is 15.2 Å². The van der Waals surface area contributed by atoms with E-state index in [0.717, 1.165) is 42.7 Å². The minimum absolute atomic E-state index is 0.0132. The van der Waals surface area contributed by atoms with Gasteiger partial charge in [-0.3, -0.25) is 4.79 Å². The lowest BCUT2D eigenvalue weighted by atomic mass is 9.93. The number of ether oxygens (including phenoxy) is 2. The molecule has 1 saturated heterocycles. The number of nitrogens with one attached hydrogen (secondary N) is 3. The highest BCUT2D eigenvalue weighted by molar-refractivity contribution is 6.02. The number of nitrogens with zero attached hydrogens (tertiary/aromatic N) is 2. The van der Waals surface area contributed by atoms with Crippen molar-refractivity contribution in [3.63, 3.8) is 0 Å². The normalized spacial score (nSPS) is 17.5. The van der Waals surface area contributed by atoms with E-state index in [1.54, 1.807) is 12.1 Å². The summed E-state index contributed by atoms with van der Waals surface area (Å²) < 4.78 is 38.0. The number of esters is 1. The second-order valence-corrected chi connectivity index (χ2v) is 10.0. The number of carbonyl (C=O) groups is 4. The first kappa shape index (κ1) is 31.4. The number of primary amides is 1. The predicted molar refractivity (Wildman–Crippen MR) is 152 cm³/mol. The number of methoxy groups -OCH3 is 2. The van der Waals surface area contributed by atoms with E-state index in [1.807, 2.05) is 12.1 Å². The standard InChI is InChI=1S/C29H34F2N6O6/c1-42-16-22-24(27(39)43-2)25(17-7-8-20(30)21(31)15-17)37(29(41)35-22)28(40)34-12-11-33-18-9-13-36(14-10-18)23-6-4-3-5-19(23)26(32)38/h3-8,15,18,25,33H,9-14,16H2,1-2H3,(H2,32,38)(H,34,40)(H,35,41)/t25-/m0/s1. The van der Waals surface area contributed by atoms with Gasteiger partial charge in [-0.05, 0) is 42.7 Å². The summed E-state index contributed by atoms with van der Waals surface area (Å²) >= 11 is 0. The number of carbonyl (C=O) groups excluding carboxylic acids is 4. The minimum Gasteiger partial charge on any atom is -0.466 e. The molecule has 2 aromatic rings. The Balaban J connectivity index is 1.41. The number of imide groups is 1. The molecule has 0 spiro atoms. The Morgan fingerprint density at radius 2 is 1.77 bits per heavy atom. The molecule has 0 aromatic heterocycles. The topological polar surface area (TPSA) is 155 Å². The zero-order chi connectivity index (χ0) is 31.1. The number of amides is 5. The molecule has 12 nitrogen and oxygen atoms in total. The van der Waals surface area contributed by atoms with Crippen molar-refractivity contribution >= 4 is 29.6 Å². The maximum absolute atomic E-state index is 14.2. The summed E-state index contributed by atoms with van der Waals surface area (Å²) in [7, 11) is 2.46. The lowest BCUT2D eigenvalue weighted by Crippen LogP contribution is -2.56. The fraction of sp³-hybridized carbons (Fsp3) is 0.379. The van der Waals surface area contributed by atoms with Gasteiger partial charge >= 0.3 is 18.0 Å². The summed E-state index contributed by atoms with van der Waals surface area (Å²) in [6.07, 6.45) is 1.56. The van der Waals surface area contributed by atoms with Crippen molar-refractivity contribution in [1.29, 1.82) is 0 Å². The first-order valence-corrected chi connectivity index (χ1v) is 13.7. The molecule has 2 aliphatic rings. The van der Waals surface area contributed by atoms with Gasteiger partial charge < -0.3 is 36.1 Å². The molecule has 0 saturated carbocycles. The summed E-state index contributed by atoms with van der Waals surface area (Å²) in [5.41, 5.74) is 6.64. The molecule has 0 aliphatic carbocycles. The number of piperidine rings is 1. The Labute approximate surface area is 247 Å². The number of halogens is 2. The Bertz CT molecular complexity index is 1410. The van der Waals surface area contributed by atoms with Gasteiger partial charge in [0.15, 0.2) is 11.6 Å². The third kappa shape index (κ3) is 7.09. The molecule has 230 valence electrons. The maximum atomic E-state index is 14.2. The van der Waals surface area contributed by atoms with Crippen LogP contribution in [0.1, 0.15) is 34.8 Å². The van der Waals surface area contributed by atoms with Crippen LogP contribution in [-0.2, 0) is 14.3 Å². The van der Waals surface area contributed by atoms with Crippen LogP contribution in [0.25, 0.3) is 0 Å².